The molecule has 0 radical (unpaired) electrons. The third-order valence-electron chi connectivity index (χ3n) is 4.25. The van der Waals surface area contributed by atoms with Crippen molar-refractivity contribution in [3.05, 3.63) is 99.0 Å². The van der Waals surface area contributed by atoms with Gasteiger partial charge in [0.1, 0.15) is 24.0 Å². The first-order valence-electron chi connectivity index (χ1n) is 9.11. The molecule has 0 fully saturated rings. The molecule has 0 spiro atoms. The molecule has 0 aromatic heterocycles. The number of carbonyl (C=O) groups excluding carboxylic acids is 1. The third kappa shape index (κ3) is 5.87. The lowest BCUT2D eigenvalue weighted by atomic mass is 10.1. The van der Waals surface area contributed by atoms with Gasteiger partial charge < -0.3 is 10.1 Å². The van der Waals surface area contributed by atoms with Crippen molar-refractivity contribution in [3.63, 3.8) is 0 Å². The van der Waals surface area contributed by atoms with Gasteiger partial charge in [-0.15, -0.1) is 0 Å². The Hall–Kier alpha value is -3.26. The van der Waals surface area contributed by atoms with E-state index in [1.807, 2.05) is 37.3 Å². The molecule has 0 saturated heterocycles. The summed E-state index contributed by atoms with van der Waals surface area (Å²) in [7, 11) is 0. The van der Waals surface area contributed by atoms with Gasteiger partial charge in [0.2, 0.25) is 0 Å². The zero-order chi connectivity index (χ0) is 21.5. The lowest BCUT2D eigenvalue weighted by Gasteiger charge is -2.09. The fraction of sp³-hybridized carbons (Fsp3) is 0.0833. The Labute approximate surface area is 185 Å². The summed E-state index contributed by atoms with van der Waals surface area (Å²) in [6, 6.07) is 21.7. The quantitative estimate of drug-likeness (QED) is 0.357. The van der Waals surface area contributed by atoms with Gasteiger partial charge in [0.15, 0.2) is 0 Å². The van der Waals surface area contributed by atoms with E-state index in [-0.39, 0.29) is 5.57 Å². The third-order valence-corrected chi connectivity index (χ3v) is 4.80. The molecule has 0 aliphatic carbocycles. The van der Waals surface area contributed by atoms with Crippen LogP contribution >= 0.6 is 23.2 Å². The lowest BCUT2D eigenvalue weighted by molar-refractivity contribution is -0.112. The highest BCUT2D eigenvalue weighted by Gasteiger charge is 2.11. The van der Waals surface area contributed by atoms with Gasteiger partial charge in [0.05, 0.1) is 5.02 Å². The summed E-state index contributed by atoms with van der Waals surface area (Å²) in [5.74, 6) is 0.0203. The second-order valence-electron chi connectivity index (χ2n) is 6.59. The van der Waals surface area contributed by atoms with Gasteiger partial charge in [0.25, 0.3) is 5.91 Å². The van der Waals surface area contributed by atoms with E-state index in [0.29, 0.717) is 33.7 Å². The molecule has 3 aromatic carbocycles. The number of anilines is 1. The van der Waals surface area contributed by atoms with E-state index in [1.165, 1.54) is 6.08 Å². The van der Waals surface area contributed by atoms with E-state index in [9.17, 15) is 10.1 Å². The molecular weight excluding hydrogens is 419 g/mol. The van der Waals surface area contributed by atoms with Crippen LogP contribution in [-0.2, 0) is 11.4 Å². The van der Waals surface area contributed by atoms with Crippen molar-refractivity contribution < 1.29 is 9.53 Å². The molecule has 0 unspecified atom stereocenters. The molecular formula is C24H18Cl2N2O2. The van der Waals surface area contributed by atoms with Crippen LogP contribution in [-0.4, -0.2) is 5.91 Å². The van der Waals surface area contributed by atoms with Crippen LogP contribution in [0.2, 0.25) is 10.0 Å². The molecule has 3 aromatic rings. The van der Waals surface area contributed by atoms with Crippen molar-refractivity contribution >= 4 is 40.9 Å². The Balaban J connectivity index is 1.69. The maximum atomic E-state index is 12.4. The van der Waals surface area contributed by atoms with Crippen LogP contribution in [0.1, 0.15) is 16.7 Å². The molecule has 0 aliphatic heterocycles. The van der Waals surface area contributed by atoms with Crippen molar-refractivity contribution in [3.8, 4) is 11.8 Å². The first kappa shape index (κ1) is 21.4. The number of amides is 1. The van der Waals surface area contributed by atoms with E-state index in [1.54, 1.807) is 42.5 Å². The number of hydrogen-bond acceptors (Lipinski definition) is 3. The summed E-state index contributed by atoms with van der Waals surface area (Å²) in [6.45, 7) is 2.30. The number of halogens is 2. The van der Waals surface area contributed by atoms with E-state index in [4.69, 9.17) is 27.9 Å². The SMILES string of the molecule is Cc1ccc(NC(=O)/C(C#N)=C/c2ccc(OCc3ccc(Cl)cc3)c(Cl)c2)cc1. The van der Waals surface area contributed by atoms with Gasteiger partial charge in [-0.3, -0.25) is 4.79 Å². The molecule has 4 nitrogen and oxygen atoms in total. The smallest absolute Gasteiger partial charge is 0.266 e. The van der Waals surface area contributed by atoms with Gasteiger partial charge in [-0.2, -0.15) is 5.26 Å². The molecule has 30 heavy (non-hydrogen) atoms. The van der Waals surface area contributed by atoms with Crippen molar-refractivity contribution in [1.29, 1.82) is 5.26 Å². The summed E-state index contributed by atoms with van der Waals surface area (Å²) < 4.78 is 5.75. The molecule has 0 saturated carbocycles. The highest BCUT2D eigenvalue weighted by Crippen LogP contribution is 2.27. The monoisotopic (exact) mass is 436 g/mol. The van der Waals surface area contributed by atoms with Crippen molar-refractivity contribution in [2.24, 2.45) is 0 Å². The van der Waals surface area contributed by atoms with E-state index >= 15 is 0 Å². The normalized spacial score (nSPS) is 10.9. The highest BCUT2D eigenvalue weighted by molar-refractivity contribution is 6.32. The molecule has 150 valence electrons. The number of ether oxygens (including phenoxy) is 1. The fourth-order valence-electron chi connectivity index (χ4n) is 2.62. The van der Waals surface area contributed by atoms with Crippen LogP contribution in [0.4, 0.5) is 5.69 Å². The summed E-state index contributed by atoms with van der Waals surface area (Å²) >= 11 is 12.2. The molecule has 0 heterocycles. The van der Waals surface area contributed by atoms with Gasteiger partial charge in [-0.05, 0) is 60.5 Å². The minimum absolute atomic E-state index is 0.0264. The topological polar surface area (TPSA) is 62.1 Å². The first-order valence-corrected chi connectivity index (χ1v) is 9.87. The Morgan fingerprint density at radius 3 is 2.40 bits per heavy atom. The lowest BCUT2D eigenvalue weighted by Crippen LogP contribution is -2.13. The van der Waals surface area contributed by atoms with Gasteiger partial charge in [-0.1, -0.05) is 59.1 Å². The van der Waals surface area contributed by atoms with Crippen LogP contribution < -0.4 is 10.1 Å². The highest BCUT2D eigenvalue weighted by atomic mass is 35.5. The Bertz CT molecular complexity index is 1120. The molecule has 0 aliphatic rings. The summed E-state index contributed by atoms with van der Waals surface area (Å²) in [6.07, 6.45) is 1.48. The van der Waals surface area contributed by atoms with Crippen LogP contribution in [0, 0.1) is 18.3 Å². The van der Waals surface area contributed by atoms with Crippen LogP contribution in [0.5, 0.6) is 5.75 Å². The molecule has 3 rings (SSSR count). The average Bonchev–Trinajstić information content (AvgIpc) is 2.74. The summed E-state index contributed by atoms with van der Waals surface area (Å²) in [5.41, 5.74) is 3.25. The number of hydrogen-bond donors (Lipinski definition) is 1. The number of nitrogens with zero attached hydrogens (tertiary/aromatic N) is 1. The van der Waals surface area contributed by atoms with Crippen LogP contribution in [0.3, 0.4) is 0 Å². The number of rotatable bonds is 6. The number of benzene rings is 3. The van der Waals surface area contributed by atoms with E-state index in [2.05, 4.69) is 5.32 Å². The summed E-state index contributed by atoms with van der Waals surface area (Å²) in [5, 5.41) is 13.1. The molecule has 0 atom stereocenters. The van der Waals surface area contributed by atoms with Crippen molar-refractivity contribution in [2.75, 3.05) is 5.32 Å². The molecule has 6 heteroatoms. The largest absolute Gasteiger partial charge is 0.487 e. The molecule has 1 amide bonds. The Morgan fingerprint density at radius 1 is 1.07 bits per heavy atom. The average molecular weight is 437 g/mol. The standard InChI is InChI=1S/C24H18Cl2N2O2/c1-16-2-9-21(10-3-16)28-24(29)19(14-27)12-18-6-11-23(22(26)13-18)30-15-17-4-7-20(25)8-5-17/h2-13H,15H2,1H3,(H,28,29)/b19-12+. The second kappa shape index (κ2) is 9.98. The predicted octanol–water partition coefficient (Wildman–Crippen LogP) is 6.43. The minimum Gasteiger partial charge on any atom is -0.487 e. The number of aryl methyl sites for hydroxylation is 1. The molecule has 0 bridgehead atoms. The molecule has 1 N–H and O–H groups in total. The maximum absolute atomic E-state index is 12.4. The minimum atomic E-state index is -0.486. The van der Waals surface area contributed by atoms with E-state index < -0.39 is 5.91 Å². The number of nitriles is 1. The number of carbonyl (C=O) groups is 1. The maximum Gasteiger partial charge on any atom is 0.266 e. The number of nitrogens with one attached hydrogen (secondary N) is 1. The van der Waals surface area contributed by atoms with Gasteiger partial charge >= 0.3 is 0 Å². The fourth-order valence-corrected chi connectivity index (χ4v) is 2.99. The Morgan fingerprint density at radius 2 is 1.77 bits per heavy atom. The zero-order valence-corrected chi connectivity index (χ0v) is 17.7. The van der Waals surface area contributed by atoms with Gasteiger partial charge in [-0.25, -0.2) is 0 Å². The first-order chi connectivity index (χ1) is 14.4. The summed E-state index contributed by atoms with van der Waals surface area (Å²) in [4.78, 5) is 12.4. The van der Waals surface area contributed by atoms with E-state index in [0.717, 1.165) is 11.1 Å². The van der Waals surface area contributed by atoms with Crippen molar-refractivity contribution in [1.82, 2.24) is 0 Å². The second-order valence-corrected chi connectivity index (χ2v) is 7.44. The zero-order valence-electron chi connectivity index (χ0n) is 16.2. The van der Waals surface area contributed by atoms with Crippen LogP contribution in [0.25, 0.3) is 6.08 Å². The predicted molar refractivity (Wildman–Crippen MR) is 121 cm³/mol. The van der Waals surface area contributed by atoms with Gasteiger partial charge in [0, 0.05) is 10.7 Å². The Kier molecular flexibility index (Phi) is 7.13. The van der Waals surface area contributed by atoms with Crippen LogP contribution in [0.15, 0.2) is 72.3 Å². The van der Waals surface area contributed by atoms with Crippen molar-refractivity contribution in [2.45, 2.75) is 13.5 Å².